The summed E-state index contributed by atoms with van der Waals surface area (Å²) < 4.78 is 0. The first-order valence-electron chi connectivity index (χ1n) is 5.36. The zero-order valence-corrected chi connectivity index (χ0v) is 9.96. The number of nitrogens with zero attached hydrogens (tertiary/aromatic N) is 3. The van der Waals surface area contributed by atoms with Gasteiger partial charge in [0, 0.05) is 19.8 Å². The van der Waals surface area contributed by atoms with Gasteiger partial charge in [0.25, 0.3) is 0 Å². The van der Waals surface area contributed by atoms with Crippen molar-refractivity contribution in [2.24, 2.45) is 4.99 Å². The summed E-state index contributed by atoms with van der Waals surface area (Å²) in [6.45, 7) is 4.14. The van der Waals surface area contributed by atoms with E-state index in [1.807, 2.05) is 0 Å². The molecule has 0 amide bonds. The Morgan fingerprint density at radius 2 is 2.47 bits per heavy atom. The molecule has 0 bridgehead atoms. The number of fused-ring (bicyclic) bond motifs is 1. The van der Waals surface area contributed by atoms with Gasteiger partial charge >= 0.3 is 0 Å². The molecule has 0 saturated heterocycles. The summed E-state index contributed by atoms with van der Waals surface area (Å²) in [5.74, 6) is 1.02. The highest BCUT2D eigenvalue weighted by molar-refractivity contribution is 6.22. The molecule has 0 aliphatic carbocycles. The molecule has 2 aliphatic rings. The van der Waals surface area contributed by atoms with Crippen LogP contribution in [-0.2, 0) is 0 Å². The Morgan fingerprint density at radius 1 is 1.67 bits per heavy atom. The van der Waals surface area contributed by atoms with Gasteiger partial charge in [0.15, 0.2) is 11.5 Å². The first-order valence-corrected chi connectivity index (χ1v) is 5.80. The van der Waals surface area contributed by atoms with Gasteiger partial charge < -0.3 is 15.1 Å². The smallest absolute Gasteiger partial charge is 0.197 e. The lowest BCUT2D eigenvalue weighted by molar-refractivity contribution is 0.265. The first kappa shape index (κ1) is 10.6. The Hall–Kier alpha value is -0.900. The van der Waals surface area contributed by atoms with Crippen LogP contribution < -0.4 is 5.32 Å². The third-order valence-electron chi connectivity index (χ3n) is 2.58. The fourth-order valence-corrected chi connectivity index (χ4v) is 2.08. The van der Waals surface area contributed by atoms with Gasteiger partial charge in [0.1, 0.15) is 0 Å². The van der Waals surface area contributed by atoms with Gasteiger partial charge in [-0.25, -0.2) is 4.99 Å². The van der Waals surface area contributed by atoms with Crippen LogP contribution in [0.5, 0.6) is 0 Å². The molecule has 1 N–H and O–H groups in total. The Bertz CT molecular complexity index is 300. The number of alkyl halides is 1. The first-order chi connectivity index (χ1) is 7.20. The van der Waals surface area contributed by atoms with Crippen LogP contribution in [-0.4, -0.2) is 41.5 Å². The number of hydrogen-bond donors (Lipinski definition) is 1. The Morgan fingerprint density at radius 3 is 3.20 bits per heavy atom. The second-order valence-electron chi connectivity index (χ2n) is 3.99. The number of halogens is 1. The van der Waals surface area contributed by atoms with Crippen LogP contribution in [0.4, 0.5) is 0 Å². The van der Waals surface area contributed by atoms with Crippen LogP contribution in [0.25, 0.3) is 0 Å². The Labute approximate surface area is 95.6 Å². The summed E-state index contributed by atoms with van der Waals surface area (Å²) in [4.78, 5) is 8.80. The van der Waals surface area contributed by atoms with Crippen LogP contribution >= 0.6 is 11.6 Å². The van der Waals surface area contributed by atoms with Crippen molar-refractivity contribution in [1.82, 2.24) is 15.1 Å². The van der Waals surface area contributed by atoms with Gasteiger partial charge in [0.2, 0.25) is 0 Å². The van der Waals surface area contributed by atoms with Crippen molar-refractivity contribution in [3.63, 3.8) is 0 Å². The van der Waals surface area contributed by atoms with Crippen molar-refractivity contribution in [1.29, 1.82) is 0 Å². The summed E-state index contributed by atoms with van der Waals surface area (Å²) in [6.07, 6.45) is 4.45. The molecule has 4 nitrogen and oxygen atoms in total. The minimum atomic E-state index is -0.304. The second kappa shape index (κ2) is 4.31. The van der Waals surface area contributed by atoms with E-state index >= 15 is 0 Å². The van der Waals surface area contributed by atoms with E-state index in [0.717, 1.165) is 24.7 Å². The van der Waals surface area contributed by atoms with Crippen molar-refractivity contribution < 1.29 is 0 Å². The molecule has 15 heavy (non-hydrogen) atoms. The highest BCUT2D eigenvalue weighted by atomic mass is 35.5. The lowest BCUT2D eigenvalue weighted by atomic mass is 10.2. The SMILES string of the molecule is CCCCN1CN(C)C=C2NC(Cl)N=C21. The fraction of sp³-hybridized carbons (Fsp3) is 0.700. The molecule has 0 saturated carbocycles. The molecule has 0 aromatic rings. The number of aliphatic imine (C=N–C) groups is 1. The van der Waals surface area contributed by atoms with E-state index in [4.69, 9.17) is 11.6 Å². The molecule has 5 heteroatoms. The van der Waals surface area contributed by atoms with Crippen LogP contribution in [0.3, 0.4) is 0 Å². The maximum Gasteiger partial charge on any atom is 0.197 e. The number of rotatable bonds is 3. The van der Waals surface area contributed by atoms with Crippen molar-refractivity contribution in [2.75, 3.05) is 20.3 Å². The van der Waals surface area contributed by atoms with Gasteiger partial charge in [0.05, 0.1) is 12.4 Å². The van der Waals surface area contributed by atoms with Gasteiger partial charge in [-0.1, -0.05) is 24.9 Å². The largest absolute Gasteiger partial charge is 0.361 e. The van der Waals surface area contributed by atoms with Crippen molar-refractivity contribution in [3.8, 4) is 0 Å². The van der Waals surface area contributed by atoms with Crippen LogP contribution in [0.2, 0.25) is 0 Å². The third-order valence-corrected chi connectivity index (χ3v) is 2.78. The third kappa shape index (κ3) is 2.20. The van der Waals surface area contributed by atoms with Crippen LogP contribution in [0.1, 0.15) is 19.8 Å². The lowest BCUT2D eigenvalue weighted by Gasteiger charge is -2.33. The summed E-state index contributed by atoms with van der Waals surface area (Å²) in [5, 5.41) is 3.13. The van der Waals surface area contributed by atoms with Crippen molar-refractivity contribution in [3.05, 3.63) is 11.9 Å². The molecule has 1 unspecified atom stereocenters. The summed E-state index contributed by atoms with van der Waals surface area (Å²) in [5.41, 5.74) is 0.738. The zero-order chi connectivity index (χ0) is 10.8. The maximum absolute atomic E-state index is 5.95. The average Bonchev–Trinajstić information content (AvgIpc) is 2.54. The molecule has 84 valence electrons. The predicted molar refractivity (Wildman–Crippen MR) is 62.5 cm³/mol. The summed E-state index contributed by atoms with van der Waals surface area (Å²) >= 11 is 5.95. The normalized spacial score (nSPS) is 24.6. The lowest BCUT2D eigenvalue weighted by Crippen LogP contribution is -2.44. The molecule has 0 aromatic heterocycles. The van der Waals surface area contributed by atoms with Gasteiger partial charge in [-0.2, -0.15) is 0 Å². The maximum atomic E-state index is 5.95. The van der Waals surface area contributed by atoms with E-state index in [2.05, 4.69) is 40.3 Å². The molecule has 0 radical (unpaired) electrons. The quantitative estimate of drug-likeness (QED) is 0.585. The highest BCUT2D eigenvalue weighted by Gasteiger charge is 2.28. The topological polar surface area (TPSA) is 30.9 Å². The number of amidine groups is 1. The molecule has 0 fully saturated rings. The van der Waals surface area contributed by atoms with Crippen molar-refractivity contribution >= 4 is 17.4 Å². The molecule has 2 aliphatic heterocycles. The summed E-state index contributed by atoms with van der Waals surface area (Å²) in [6, 6.07) is 0. The van der Waals surface area contributed by atoms with Crippen LogP contribution in [0.15, 0.2) is 16.9 Å². The zero-order valence-electron chi connectivity index (χ0n) is 9.20. The molecule has 2 heterocycles. The van der Waals surface area contributed by atoms with E-state index in [-0.39, 0.29) is 5.62 Å². The van der Waals surface area contributed by atoms with Crippen LogP contribution in [0, 0.1) is 0 Å². The molecule has 0 aromatic carbocycles. The number of nitrogens with one attached hydrogen (secondary N) is 1. The number of hydrogen-bond acceptors (Lipinski definition) is 4. The second-order valence-corrected chi connectivity index (χ2v) is 4.40. The standard InChI is InChI=1S/C10H17ClN4/c1-3-4-5-15-7-14(2)6-8-9(15)13-10(11)12-8/h6,10,12H,3-5,7H2,1-2H3. The summed E-state index contributed by atoms with van der Waals surface area (Å²) in [7, 11) is 2.06. The highest BCUT2D eigenvalue weighted by Crippen LogP contribution is 2.19. The van der Waals surface area contributed by atoms with E-state index in [0.29, 0.717) is 0 Å². The fourth-order valence-electron chi connectivity index (χ4n) is 1.87. The van der Waals surface area contributed by atoms with E-state index in [1.165, 1.54) is 12.8 Å². The molecule has 0 spiro atoms. The van der Waals surface area contributed by atoms with Gasteiger partial charge in [-0.05, 0) is 6.42 Å². The monoisotopic (exact) mass is 228 g/mol. The molecular formula is C10H17ClN4. The van der Waals surface area contributed by atoms with Crippen molar-refractivity contribution in [2.45, 2.75) is 25.4 Å². The van der Waals surface area contributed by atoms with Gasteiger partial charge in [-0.3, -0.25) is 0 Å². The Balaban J connectivity index is 2.12. The van der Waals surface area contributed by atoms with E-state index in [9.17, 15) is 0 Å². The Kier molecular flexibility index (Phi) is 3.05. The minimum Gasteiger partial charge on any atom is -0.361 e. The van der Waals surface area contributed by atoms with Gasteiger partial charge in [-0.15, -0.1) is 0 Å². The number of unbranched alkanes of at least 4 members (excludes halogenated alkanes) is 1. The minimum absolute atomic E-state index is 0.304. The van der Waals surface area contributed by atoms with E-state index in [1.54, 1.807) is 0 Å². The van der Waals surface area contributed by atoms with E-state index < -0.39 is 0 Å². The predicted octanol–water partition coefficient (Wildman–Crippen LogP) is 1.36. The molecule has 1 atom stereocenters. The average molecular weight is 229 g/mol. The molecule has 2 rings (SSSR count). The molecular weight excluding hydrogens is 212 g/mol.